The summed E-state index contributed by atoms with van der Waals surface area (Å²) in [7, 11) is 0. The van der Waals surface area contributed by atoms with Gasteiger partial charge in [-0.15, -0.1) is 0 Å². The maximum Gasteiger partial charge on any atom is 0.248 e. The molecule has 2 aromatic rings. The number of benzene rings is 1. The van der Waals surface area contributed by atoms with Gasteiger partial charge in [0.25, 0.3) is 0 Å². The highest BCUT2D eigenvalue weighted by Crippen LogP contribution is 2.26. The first kappa shape index (κ1) is 13.9. The zero-order chi connectivity index (χ0) is 14.5. The summed E-state index contributed by atoms with van der Waals surface area (Å²) in [6.45, 7) is 3.51. The van der Waals surface area contributed by atoms with Crippen molar-refractivity contribution >= 4 is 17.3 Å². The molecule has 0 aliphatic carbocycles. The zero-order valence-electron chi connectivity index (χ0n) is 11.4. The van der Waals surface area contributed by atoms with Gasteiger partial charge in [-0.05, 0) is 42.8 Å². The number of rotatable bonds is 5. The lowest BCUT2D eigenvalue weighted by Gasteiger charge is -2.25. The van der Waals surface area contributed by atoms with Crippen LogP contribution in [0.5, 0.6) is 0 Å². The van der Waals surface area contributed by atoms with E-state index >= 15 is 0 Å². The Kier molecular flexibility index (Phi) is 4.20. The number of pyridine rings is 1. The van der Waals surface area contributed by atoms with Crippen LogP contribution in [0.15, 0.2) is 42.7 Å². The predicted octanol–water partition coefficient (Wildman–Crippen LogP) is 1.79. The Morgan fingerprint density at radius 1 is 1.25 bits per heavy atom. The summed E-state index contributed by atoms with van der Waals surface area (Å²) in [5.41, 5.74) is 14.4. The maximum atomic E-state index is 11.3. The van der Waals surface area contributed by atoms with E-state index in [1.165, 1.54) is 0 Å². The number of anilines is 2. The van der Waals surface area contributed by atoms with Crippen molar-refractivity contribution in [2.75, 3.05) is 17.2 Å². The molecule has 0 spiro atoms. The third-order valence-corrected chi connectivity index (χ3v) is 3.16. The minimum Gasteiger partial charge on any atom is -0.397 e. The fraction of sp³-hybridized carbons (Fsp3) is 0.200. The van der Waals surface area contributed by atoms with E-state index < -0.39 is 5.91 Å². The SMILES string of the molecule is CCN(Cc1ccncc1)c1cc(C(N)=O)ccc1N. The van der Waals surface area contributed by atoms with Crippen molar-refractivity contribution in [1.29, 1.82) is 0 Å². The van der Waals surface area contributed by atoms with Gasteiger partial charge >= 0.3 is 0 Å². The molecular weight excluding hydrogens is 252 g/mol. The van der Waals surface area contributed by atoms with Crippen molar-refractivity contribution in [3.05, 3.63) is 53.9 Å². The van der Waals surface area contributed by atoms with Gasteiger partial charge in [-0.3, -0.25) is 9.78 Å². The summed E-state index contributed by atoms with van der Waals surface area (Å²) in [5.74, 6) is -0.453. The molecule has 4 N–H and O–H groups in total. The van der Waals surface area contributed by atoms with Crippen molar-refractivity contribution in [3.8, 4) is 0 Å². The van der Waals surface area contributed by atoms with E-state index in [2.05, 4.69) is 9.88 Å². The van der Waals surface area contributed by atoms with Crippen LogP contribution in [0.25, 0.3) is 0 Å². The van der Waals surface area contributed by atoms with Gasteiger partial charge in [0, 0.05) is 31.0 Å². The minimum absolute atomic E-state index is 0.453. The second-order valence-electron chi connectivity index (χ2n) is 4.51. The number of hydrogen-bond acceptors (Lipinski definition) is 4. The number of amides is 1. The van der Waals surface area contributed by atoms with Crippen LogP contribution in [0.4, 0.5) is 11.4 Å². The highest BCUT2D eigenvalue weighted by molar-refractivity contribution is 5.95. The van der Waals surface area contributed by atoms with E-state index in [1.807, 2.05) is 19.1 Å². The first-order valence-electron chi connectivity index (χ1n) is 6.45. The van der Waals surface area contributed by atoms with Crippen molar-refractivity contribution in [1.82, 2.24) is 4.98 Å². The Bertz CT molecular complexity index is 598. The van der Waals surface area contributed by atoms with Gasteiger partial charge in [0.05, 0.1) is 11.4 Å². The third-order valence-electron chi connectivity index (χ3n) is 3.16. The summed E-state index contributed by atoms with van der Waals surface area (Å²) in [6, 6.07) is 9.00. The molecule has 5 nitrogen and oxygen atoms in total. The molecule has 0 saturated heterocycles. The molecule has 1 amide bonds. The van der Waals surface area contributed by atoms with E-state index in [9.17, 15) is 4.79 Å². The molecule has 0 aliphatic rings. The summed E-state index contributed by atoms with van der Waals surface area (Å²) in [4.78, 5) is 17.4. The van der Waals surface area contributed by atoms with Gasteiger partial charge in [-0.25, -0.2) is 0 Å². The second-order valence-corrected chi connectivity index (χ2v) is 4.51. The summed E-state index contributed by atoms with van der Waals surface area (Å²) < 4.78 is 0. The third kappa shape index (κ3) is 3.06. The fourth-order valence-electron chi connectivity index (χ4n) is 2.05. The van der Waals surface area contributed by atoms with E-state index in [4.69, 9.17) is 11.5 Å². The van der Waals surface area contributed by atoms with Crippen molar-refractivity contribution < 1.29 is 4.79 Å². The quantitative estimate of drug-likeness (QED) is 0.811. The fourth-order valence-corrected chi connectivity index (χ4v) is 2.05. The number of primary amides is 1. The van der Waals surface area contributed by atoms with Crippen LogP contribution in [0.1, 0.15) is 22.8 Å². The summed E-state index contributed by atoms with van der Waals surface area (Å²) in [5, 5.41) is 0. The molecule has 1 aromatic carbocycles. The van der Waals surface area contributed by atoms with E-state index in [-0.39, 0.29) is 0 Å². The molecule has 1 aromatic heterocycles. The highest BCUT2D eigenvalue weighted by atomic mass is 16.1. The molecule has 0 atom stereocenters. The molecule has 0 fully saturated rings. The number of aromatic nitrogens is 1. The van der Waals surface area contributed by atoms with Crippen molar-refractivity contribution in [2.24, 2.45) is 5.73 Å². The molecule has 0 unspecified atom stereocenters. The van der Waals surface area contributed by atoms with Crippen LogP contribution in [-0.2, 0) is 6.54 Å². The second kappa shape index (κ2) is 6.06. The molecule has 0 aliphatic heterocycles. The van der Waals surface area contributed by atoms with Crippen LogP contribution < -0.4 is 16.4 Å². The minimum atomic E-state index is -0.453. The Hall–Kier alpha value is -2.56. The molecule has 0 bridgehead atoms. The van der Waals surface area contributed by atoms with Crippen molar-refractivity contribution in [3.63, 3.8) is 0 Å². The summed E-state index contributed by atoms with van der Waals surface area (Å²) >= 11 is 0. The maximum absolute atomic E-state index is 11.3. The lowest BCUT2D eigenvalue weighted by atomic mass is 10.1. The van der Waals surface area contributed by atoms with E-state index in [0.717, 1.165) is 17.8 Å². The monoisotopic (exact) mass is 270 g/mol. The number of nitrogens with two attached hydrogens (primary N) is 2. The van der Waals surface area contributed by atoms with Gasteiger partial charge in [-0.1, -0.05) is 0 Å². The largest absolute Gasteiger partial charge is 0.397 e. The standard InChI is InChI=1S/C15H18N4O/c1-2-19(10-11-5-7-18-8-6-11)14-9-12(15(17)20)3-4-13(14)16/h3-9H,2,10,16H2,1H3,(H2,17,20). The number of carbonyl (C=O) groups excluding carboxylic acids is 1. The smallest absolute Gasteiger partial charge is 0.248 e. The van der Waals surface area contributed by atoms with Crippen LogP contribution >= 0.6 is 0 Å². The average molecular weight is 270 g/mol. The normalized spacial score (nSPS) is 10.2. The lowest BCUT2D eigenvalue weighted by molar-refractivity contribution is 0.100. The van der Waals surface area contributed by atoms with Gasteiger partial charge in [0.15, 0.2) is 0 Å². The number of carbonyl (C=O) groups is 1. The van der Waals surface area contributed by atoms with Crippen LogP contribution in [0.3, 0.4) is 0 Å². The number of hydrogen-bond donors (Lipinski definition) is 2. The molecule has 2 rings (SSSR count). The Morgan fingerprint density at radius 3 is 2.55 bits per heavy atom. The van der Waals surface area contributed by atoms with E-state index in [1.54, 1.807) is 30.6 Å². The Labute approximate surface area is 118 Å². The molecule has 20 heavy (non-hydrogen) atoms. The predicted molar refractivity (Wildman–Crippen MR) is 80.3 cm³/mol. The Balaban J connectivity index is 2.31. The molecular formula is C15H18N4O. The molecule has 104 valence electrons. The highest BCUT2D eigenvalue weighted by Gasteiger charge is 2.11. The summed E-state index contributed by atoms with van der Waals surface area (Å²) in [6.07, 6.45) is 3.51. The molecule has 5 heteroatoms. The lowest BCUT2D eigenvalue weighted by Crippen LogP contribution is -2.24. The number of nitrogens with zero attached hydrogens (tertiary/aromatic N) is 2. The molecule has 1 heterocycles. The van der Waals surface area contributed by atoms with E-state index in [0.29, 0.717) is 17.8 Å². The number of nitrogen functional groups attached to an aromatic ring is 1. The molecule has 0 saturated carbocycles. The zero-order valence-corrected chi connectivity index (χ0v) is 11.4. The van der Waals surface area contributed by atoms with Crippen LogP contribution in [-0.4, -0.2) is 17.4 Å². The first-order chi connectivity index (χ1) is 9.61. The first-order valence-corrected chi connectivity index (χ1v) is 6.45. The van der Waals surface area contributed by atoms with Crippen LogP contribution in [0, 0.1) is 0 Å². The van der Waals surface area contributed by atoms with Crippen LogP contribution in [0.2, 0.25) is 0 Å². The molecule has 0 radical (unpaired) electrons. The average Bonchev–Trinajstić information content (AvgIpc) is 2.46. The van der Waals surface area contributed by atoms with Gasteiger partial charge < -0.3 is 16.4 Å². The van der Waals surface area contributed by atoms with Gasteiger partial charge in [-0.2, -0.15) is 0 Å². The van der Waals surface area contributed by atoms with Gasteiger partial charge in [0.1, 0.15) is 0 Å². The van der Waals surface area contributed by atoms with Crippen molar-refractivity contribution in [2.45, 2.75) is 13.5 Å². The topological polar surface area (TPSA) is 85.2 Å². The van der Waals surface area contributed by atoms with Gasteiger partial charge in [0.2, 0.25) is 5.91 Å². The Morgan fingerprint density at radius 2 is 1.95 bits per heavy atom.